The smallest absolute Gasteiger partial charge is 0.0649 e. The van der Waals surface area contributed by atoms with Gasteiger partial charge in [0, 0.05) is 24.4 Å². The summed E-state index contributed by atoms with van der Waals surface area (Å²) < 4.78 is 1.54. The maximum absolute atomic E-state index is 3.81. The largest absolute Gasteiger partial charge is 0.309 e. The zero-order valence-corrected chi connectivity index (χ0v) is 14.1. The van der Waals surface area contributed by atoms with Gasteiger partial charge in [-0.25, -0.2) is 0 Å². The van der Waals surface area contributed by atoms with Crippen molar-refractivity contribution in [2.24, 2.45) is 0 Å². The van der Waals surface area contributed by atoms with Crippen molar-refractivity contribution >= 4 is 23.1 Å². The Bertz CT molecular complexity index is 410. The van der Waals surface area contributed by atoms with Gasteiger partial charge in [-0.15, -0.1) is 23.1 Å². The lowest BCUT2D eigenvalue weighted by Crippen LogP contribution is -2.35. The average Bonchev–Trinajstić information content (AvgIpc) is 2.74. The summed E-state index contributed by atoms with van der Waals surface area (Å²) in [5.74, 6) is 0. The molecule has 0 spiro atoms. The van der Waals surface area contributed by atoms with Crippen molar-refractivity contribution in [2.75, 3.05) is 26.2 Å². The maximum Gasteiger partial charge on any atom is 0.0649 e. The first-order chi connectivity index (χ1) is 9.83. The van der Waals surface area contributed by atoms with Crippen LogP contribution in [0.25, 0.3) is 0 Å². The van der Waals surface area contributed by atoms with Crippen molar-refractivity contribution in [1.29, 1.82) is 0 Å². The van der Waals surface area contributed by atoms with Crippen molar-refractivity contribution in [3.05, 3.63) is 17.0 Å². The van der Waals surface area contributed by atoms with Gasteiger partial charge in [-0.3, -0.25) is 0 Å². The van der Waals surface area contributed by atoms with E-state index in [9.17, 15) is 0 Å². The molecule has 4 heteroatoms. The summed E-state index contributed by atoms with van der Waals surface area (Å²) in [6.07, 6.45) is 6.92. The third-order valence-electron chi connectivity index (χ3n) is 4.43. The lowest BCUT2D eigenvalue weighted by Gasteiger charge is -2.29. The predicted molar refractivity (Wildman–Crippen MR) is 89.9 cm³/mol. The number of thiophene rings is 1. The normalized spacial score (nSPS) is 28.1. The standard InChI is InChI=1S/C16H26N2S2/c1-13-12-15(14-6-11-19-16(14)20-13)17-7-10-18-8-4-2-3-5-9-18/h6,11,13,15,17H,2-5,7-10,12H2,1H3/t13-,15?/m0/s1. The molecule has 0 amide bonds. The Hall–Kier alpha value is -0.0300. The van der Waals surface area contributed by atoms with Crippen LogP contribution in [0, 0.1) is 0 Å². The Labute approximate surface area is 131 Å². The Kier molecular flexibility index (Phi) is 5.43. The van der Waals surface area contributed by atoms with Crippen LogP contribution in [-0.4, -0.2) is 36.3 Å². The molecule has 0 saturated carbocycles. The zero-order valence-electron chi connectivity index (χ0n) is 12.4. The number of fused-ring (bicyclic) bond motifs is 1. The fourth-order valence-corrected chi connectivity index (χ4v) is 5.87. The summed E-state index contributed by atoms with van der Waals surface area (Å²) in [6.45, 7) is 7.33. The summed E-state index contributed by atoms with van der Waals surface area (Å²) in [6, 6.07) is 2.90. The molecule has 112 valence electrons. The third-order valence-corrected chi connectivity index (χ3v) is 6.77. The molecule has 0 radical (unpaired) electrons. The molecular weight excluding hydrogens is 284 g/mol. The number of likely N-dealkylation sites (tertiary alicyclic amines) is 1. The van der Waals surface area contributed by atoms with Crippen LogP contribution < -0.4 is 5.32 Å². The fraction of sp³-hybridized carbons (Fsp3) is 0.750. The first-order valence-corrected chi connectivity index (χ1v) is 9.78. The van der Waals surface area contributed by atoms with Crippen LogP contribution in [0.2, 0.25) is 0 Å². The van der Waals surface area contributed by atoms with Gasteiger partial charge in [0.15, 0.2) is 0 Å². The van der Waals surface area contributed by atoms with E-state index in [0.717, 1.165) is 11.8 Å². The van der Waals surface area contributed by atoms with Crippen molar-refractivity contribution in [3.8, 4) is 0 Å². The van der Waals surface area contributed by atoms with Gasteiger partial charge in [-0.05, 0) is 49.4 Å². The van der Waals surface area contributed by atoms with E-state index in [0.29, 0.717) is 6.04 Å². The van der Waals surface area contributed by atoms with Crippen molar-refractivity contribution in [3.63, 3.8) is 0 Å². The highest BCUT2D eigenvalue weighted by Crippen LogP contribution is 2.43. The molecule has 20 heavy (non-hydrogen) atoms. The summed E-state index contributed by atoms with van der Waals surface area (Å²) in [4.78, 5) is 2.65. The second-order valence-corrected chi connectivity index (χ2v) is 8.71. The Balaban J connectivity index is 1.49. The van der Waals surface area contributed by atoms with Gasteiger partial charge in [0.2, 0.25) is 0 Å². The molecular formula is C16H26N2S2. The number of thioether (sulfide) groups is 1. The van der Waals surface area contributed by atoms with Crippen molar-refractivity contribution < 1.29 is 0 Å². The van der Waals surface area contributed by atoms with Crippen LogP contribution in [0.5, 0.6) is 0 Å². The Morgan fingerprint density at radius 2 is 2.05 bits per heavy atom. The Morgan fingerprint density at radius 1 is 1.25 bits per heavy atom. The molecule has 1 fully saturated rings. The van der Waals surface area contributed by atoms with Crippen LogP contribution >= 0.6 is 23.1 Å². The minimum atomic E-state index is 0.583. The summed E-state index contributed by atoms with van der Waals surface area (Å²) in [5.41, 5.74) is 1.55. The van der Waals surface area contributed by atoms with Crippen LogP contribution in [0.15, 0.2) is 15.7 Å². The van der Waals surface area contributed by atoms with Gasteiger partial charge in [0.1, 0.15) is 0 Å². The molecule has 0 aliphatic carbocycles. The number of rotatable bonds is 4. The third kappa shape index (κ3) is 3.79. The lowest BCUT2D eigenvalue weighted by molar-refractivity contribution is 0.277. The summed E-state index contributed by atoms with van der Waals surface area (Å²) in [5, 5.41) is 6.81. The monoisotopic (exact) mass is 310 g/mol. The minimum absolute atomic E-state index is 0.583. The van der Waals surface area contributed by atoms with Crippen LogP contribution in [-0.2, 0) is 0 Å². The SMILES string of the molecule is C[C@H]1CC(NCCN2CCCCCC2)c2ccsc2S1. The van der Waals surface area contributed by atoms with Crippen LogP contribution in [0.4, 0.5) is 0 Å². The minimum Gasteiger partial charge on any atom is -0.309 e. The maximum atomic E-state index is 3.81. The highest BCUT2D eigenvalue weighted by Gasteiger charge is 2.25. The van der Waals surface area contributed by atoms with E-state index in [2.05, 4.69) is 40.3 Å². The molecule has 1 aromatic heterocycles. The van der Waals surface area contributed by atoms with Gasteiger partial charge in [-0.1, -0.05) is 19.8 Å². The zero-order chi connectivity index (χ0) is 13.8. The molecule has 0 bridgehead atoms. The van der Waals surface area contributed by atoms with E-state index in [1.807, 2.05) is 11.3 Å². The molecule has 1 unspecified atom stereocenters. The summed E-state index contributed by atoms with van der Waals surface area (Å²) >= 11 is 3.96. The van der Waals surface area contributed by atoms with Crippen molar-refractivity contribution in [1.82, 2.24) is 10.2 Å². The molecule has 3 heterocycles. The quantitative estimate of drug-likeness (QED) is 0.900. The van der Waals surface area contributed by atoms with Crippen molar-refractivity contribution in [2.45, 2.75) is 54.5 Å². The van der Waals surface area contributed by atoms with Gasteiger partial charge >= 0.3 is 0 Å². The van der Waals surface area contributed by atoms with Crippen LogP contribution in [0.1, 0.15) is 50.6 Å². The lowest BCUT2D eigenvalue weighted by atomic mass is 10.0. The second-order valence-electron chi connectivity index (χ2n) is 6.09. The number of nitrogens with zero attached hydrogens (tertiary/aromatic N) is 1. The average molecular weight is 311 g/mol. The number of hydrogen-bond acceptors (Lipinski definition) is 4. The first kappa shape index (κ1) is 14.9. The molecule has 2 aliphatic rings. The van der Waals surface area contributed by atoms with E-state index in [1.165, 1.54) is 55.9 Å². The van der Waals surface area contributed by atoms with Gasteiger partial charge in [0.25, 0.3) is 0 Å². The molecule has 2 atom stereocenters. The Morgan fingerprint density at radius 3 is 2.85 bits per heavy atom. The number of nitrogens with one attached hydrogen (secondary N) is 1. The van der Waals surface area contributed by atoms with E-state index >= 15 is 0 Å². The van der Waals surface area contributed by atoms with E-state index < -0.39 is 0 Å². The highest BCUT2D eigenvalue weighted by atomic mass is 32.2. The van der Waals surface area contributed by atoms with Gasteiger partial charge < -0.3 is 10.2 Å². The molecule has 2 nitrogen and oxygen atoms in total. The molecule has 1 aromatic rings. The predicted octanol–water partition coefficient (Wildman–Crippen LogP) is 4.14. The molecule has 3 rings (SSSR count). The fourth-order valence-electron chi connectivity index (χ4n) is 3.30. The second kappa shape index (κ2) is 7.30. The van der Waals surface area contributed by atoms with E-state index in [1.54, 1.807) is 5.56 Å². The van der Waals surface area contributed by atoms with Gasteiger partial charge in [-0.2, -0.15) is 0 Å². The number of hydrogen-bond donors (Lipinski definition) is 1. The van der Waals surface area contributed by atoms with Gasteiger partial charge in [0.05, 0.1) is 4.21 Å². The van der Waals surface area contributed by atoms with E-state index in [4.69, 9.17) is 0 Å². The topological polar surface area (TPSA) is 15.3 Å². The summed E-state index contributed by atoms with van der Waals surface area (Å²) in [7, 11) is 0. The van der Waals surface area contributed by atoms with Crippen LogP contribution in [0.3, 0.4) is 0 Å². The molecule has 2 aliphatic heterocycles. The molecule has 0 aromatic carbocycles. The first-order valence-electron chi connectivity index (χ1n) is 8.03. The molecule has 1 saturated heterocycles. The van der Waals surface area contributed by atoms with E-state index in [-0.39, 0.29) is 0 Å². The highest BCUT2D eigenvalue weighted by molar-refractivity contribution is 8.01. The molecule has 1 N–H and O–H groups in total.